The molecule has 5 nitrogen and oxygen atoms in total. The molecule has 0 unspecified atom stereocenters. The van der Waals surface area contributed by atoms with Crippen LogP contribution in [0.15, 0.2) is 53.3 Å². The van der Waals surface area contributed by atoms with Gasteiger partial charge in [0.1, 0.15) is 11.3 Å². The second-order valence-electron chi connectivity index (χ2n) is 5.25. The van der Waals surface area contributed by atoms with Gasteiger partial charge in [0.15, 0.2) is 0 Å². The third-order valence-electron chi connectivity index (χ3n) is 3.77. The Morgan fingerprint density at radius 1 is 1.21 bits per heavy atom. The third-order valence-corrected chi connectivity index (χ3v) is 4.01. The van der Waals surface area contributed by atoms with Crippen LogP contribution in [0.25, 0.3) is 10.9 Å². The Labute approximate surface area is 143 Å². The summed E-state index contributed by atoms with van der Waals surface area (Å²) in [5.41, 5.74) is 0.216. The van der Waals surface area contributed by atoms with Gasteiger partial charge < -0.3 is 15.0 Å². The minimum absolute atomic E-state index is 0.282. The van der Waals surface area contributed by atoms with Gasteiger partial charge in [-0.25, -0.2) is 0 Å². The number of benzene rings is 2. The molecule has 122 valence electrons. The molecule has 24 heavy (non-hydrogen) atoms. The molecule has 0 saturated carbocycles. The highest BCUT2D eigenvalue weighted by Gasteiger charge is 2.21. The Morgan fingerprint density at radius 3 is 2.67 bits per heavy atom. The summed E-state index contributed by atoms with van der Waals surface area (Å²) < 4.78 is 1.46. The number of nitrogens with zero attached hydrogens (tertiary/aromatic N) is 1. The topological polar surface area (TPSA) is 71.3 Å². The molecule has 1 aromatic heterocycles. The maximum absolute atomic E-state index is 12.6. The molecule has 2 N–H and O–H groups in total. The molecule has 0 radical (unpaired) electrons. The summed E-state index contributed by atoms with van der Waals surface area (Å²) in [6, 6.07) is 13.5. The Hall–Kier alpha value is -2.79. The number of aryl methyl sites for hydroxylation is 1. The van der Waals surface area contributed by atoms with Gasteiger partial charge in [-0.15, -0.1) is 0 Å². The van der Waals surface area contributed by atoms with Crippen LogP contribution in [0, 0.1) is 0 Å². The van der Waals surface area contributed by atoms with Crippen LogP contribution in [0.5, 0.6) is 5.75 Å². The molecule has 0 aliphatic rings. The molecule has 0 fully saturated rings. The molecule has 1 heterocycles. The number of hydrogen-bond acceptors (Lipinski definition) is 3. The lowest BCUT2D eigenvalue weighted by Crippen LogP contribution is -2.29. The molecule has 2 aromatic carbocycles. The van der Waals surface area contributed by atoms with Crippen molar-refractivity contribution in [3.8, 4) is 5.75 Å². The Bertz CT molecular complexity index is 995. The monoisotopic (exact) mass is 342 g/mol. The predicted octanol–water partition coefficient (Wildman–Crippen LogP) is 3.63. The average Bonchev–Trinajstić information content (AvgIpc) is 2.55. The van der Waals surface area contributed by atoms with E-state index in [1.165, 1.54) is 4.57 Å². The third kappa shape index (κ3) is 2.74. The van der Waals surface area contributed by atoms with E-state index in [1.54, 1.807) is 48.5 Å². The van der Waals surface area contributed by atoms with Crippen molar-refractivity contribution in [1.29, 1.82) is 0 Å². The Morgan fingerprint density at radius 2 is 1.96 bits per heavy atom. The summed E-state index contributed by atoms with van der Waals surface area (Å²) in [7, 11) is 0. The molecule has 0 aliphatic carbocycles. The largest absolute Gasteiger partial charge is 0.506 e. The van der Waals surface area contributed by atoms with Crippen molar-refractivity contribution in [1.82, 2.24) is 4.57 Å². The van der Waals surface area contributed by atoms with E-state index in [-0.39, 0.29) is 11.3 Å². The van der Waals surface area contributed by atoms with E-state index in [9.17, 15) is 14.7 Å². The number of pyridine rings is 1. The van der Waals surface area contributed by atoms with Gasteiger partial charge in [0.05, 0.1) is 5.52 Å². The number of rotatable bonds is 3. The number of aromatic nitrogens is 1. The van der Waals surface area contributed by atoms with Crippen molar-refractivity contribution in [3.63, 3.8) is 0 Å². The summed E-state index contributed by atoms with van der Waals surface area (Å²) >= 11 is 5.90. The van der Waals surface area contributed by atoms with Crippen LogP contribution in [-0.4, -0.2) is 15.6 Å². The van der Waals surface area contributed by atoms with Gasteiger partial charge in [-0.2, -0.15) is 0 Å². The maximum Gasteiger partial charge on any atom is 0.267 e. The van der Waals surface area contributed by atoms with E-state index in [0.717, 1.165) is 0 Å². The minimum atomic E-state index is -0.673. The molecule has 0 spiro atoms. The first-order valence-corrected chi connectivity index (χ1v) is 7.82. The highest BCUT2D eigenvalue weighted by molar-refractivity contribution is 6.31. The summed E-state index contributed by atoms with van der Waals surface area (Å²) in [5.74, 6) is -0.993. The van der Waals surface area contributed by atoms with Crippen LogP contribution in [0.2, 0.25) is 5.02 Å². The van der Waals surface area contributed by atoms with Crippen molar-refractivity contribution < 1.29 is 9.90 Å². The zero-order chi connectivity index (χ0) is 17.3. The summed E-state index contributed by atoms with van der Waals surface area (Å²) in [5, 5.41) is 14.0. The van der Waals surface area contributed by atoms with Crippen molar-refractivity contribution in [2.45, 2.75) is 13.5 Å². The molecule has 1 amide bonds. The van der Waals surface area contributed by atoms with Gasteiger partial charge in [-0.3, -0.25) is 9.59 Å². The average molecular weight is 343 g/mol. The molecule has 6 heteroatoms. The number of para-hydroxylation sites is 1. The molecule has 0 atom stereocenters. The van der Waals surface area contributed by atoms with Crippen molar-refractivity contribution in [2.24, 2.45) is 0 Å². The number of carbonyl (C=O) groups is 1. The summed E-state index contributed by atoms with van der Waals surface area (Å²) in [4.78, 5) is 25.2. The number of amides is 1. The standard InChI is InChI=1S/C18H15ClN2O3/c1-2-21-14-9-4-3-8-13(14)16(22)15(18(21)24)17(23)20-12-7-5-6-11(19)10-12/h3-10,22H,2H2,1H3,(H,20,23). The molecular formula is C18H15ClN2O3. The first-order chi connectivity index (χ1) is 11.5. The number of hydrogen-bond donors (Lipinski definition) is 2. The second kappa shape index (κ2) is 6.37. The number of aromatic hydroxyl groups is 1. The number of fused-ring (bicyclic) bond motifs is 1. The SMILES string of the molecule is CCn1c(=O)c(C(=O)Nc2cccc(Cl)c2)c(O)c2ccccc21. The lowest BCUT2D eigenvalue weighted by atomic mass is 10.1. The first kappa shape index (κ1) is 16.1. The molecule has 0 bridgehead atoms. The van der Waals surface area contributed by atoms with E-state index in [2.05, 4.69) is 5.32 Å². The van der Waals surface area contributed by atoms with Gasteiger partial charge in [0.2, 0.25) is 0 Å². The number of halogens is 1. The van der Waals surface area contributed by atoms with E-state index >= 15 is 0 Å². The lowest BCUT2D eigenvalue weighted by molar-refractivity contribution is 0.102. The number of carbonyl (C=O) groups excluding carboxylic acids is 1. The van der Waals surface area contributed by atoms with Gasteiger partial charge in [-0.05, 0) is 37.3 Å². The van der Waals surface area contributed by atoms with E-state index in [0.29, 0.717) is 28.2 Å². The molecule has 3 rings (SSSR count). The van der Waals surface area contributed by atoms with Crippen LogP contribution in [-0.2, 0) is 6.54 Å². The van der Waals surface area contributed by atoms with E-state index in [1.807, 2.05) is 6.92 Å². The Kier molecular flexibility index (Phi) is 4.27. The number of nitrogens with one attached hydrogen (secondary N) is 1. The highest BCUT2D eigenvalue weighted by Crippen LogP contribution is 2.27. The number of anilines is 1. The second-order valence-corrected chi connectivity index (χ2v) is 5.69. The molecule has 0 aliphatic heterocycles. The fourth-order valence-corrected chi connectivity index (χ4v) is 2.86. The van der Waals surface area contributed by atoms with Crippen molar-refractivity contribution >= 4 is 34.1 Å². The van der Waals surface area contributed by atoms with Gasteiger partial charge in [0, 0.05) is 22.6 Å². The van der Waals surface area contributed by atoms with Crippen LogP contribution in [0.1, 0.15) is 17.3 Å². The highest BCUT2D eigenvalue weighted by atomic mass is 35.5. The zero-order valence-electron chi connectivity index (χ0n) is 12.9. The van der Waals surface area contributed by atoms with Crippen LogP contribution in [0.3, 0.4) is 0 Å². The quantitative estimate of drug-likeness (QED) is 0.763. The van der Waals surface area contributed by atoms with Crippen LogP contribution >= 0.6 is 11.6 Å². The molecule has 0 saturated heterocycles. The molecular weight excluding hydrogens is 328 g/mol. The normalized spacial score (nSPS) is 10.8. The zero-order valence-corrected chi connectivity index (χ0v) is 13.7. The van der Waals surface area contributed by atoms with Gasteiger partial charge in [-0.1, -0.05) is 29.8 Å². The van der Waals surface area contributed by atoms with E-state index in [4.69, 9.17) is 11.6 Å². The van der Waals surface area contributed by atoms with E-state index < -0.39 is 11.5 Å². The fourth-order valence-electron chi connectivity index (χ4n) is 2.67. The maximum atomic E-state index is 12.6. The fraction of sp³-hybridized carbons (Fsp3) is 0.111. The predicted molar refractivity (Wildman–Crippen MR) is 95.0 cm³/mol. The first-order valence-electron chi connectivity index (χ1n) is 7.44. The smallest absolute Gasteiger partial charge is 0.267 e. The Balaban J connectivity index is 2.15. The summed E-state index contributed by atoms with van der Waals surface area (Å²) in [6.45, 7) is 2.20. The van der Waals surface area contributed by atoms with Gasteiger partial charge >= 0.3 is 0 Å². The van der Waals surface area contributed by atoms with Gasteiger partial charge in [0.25, 0.3) is 11.5 Å². The summed E-state index contributed by atoms with van der Waals surface area (Å²) in [6.07, 6.45) is 0. The van der Waals surface area contributed by atoms with Crippen molar-refractivity contribution in [2.75, 3.05) is 5.32 Å². The minimum Gasteiger partial charge on any atom is -0.506 e. The lowest BCUT2D eigenvalue weighted by Gasteiger charge is -2.13. The van der Waals surface area contributed by atoms with Crippen LogP contribution < -0.4 is 10.9 Å². The van der Waals surface area contributed by atoms with Crippen molar-refractivity contribution in [3.05, 3.63) is 69.5 Å². The van der Waals surface area contributed by atoms with Crippen LogP contribution in [0.4, 0.5) is 5.69 Å². The molecule has 3 aromatic rings.